The van der Waals surface area contributed by atoms with E-state index < -0.39 is 0 Å². The van der Waals surface area contributed by atoms with Gasteiger partial charge in [0.1, 0.15) is 0 Å². The second kappa shape index (κ2) is 5.73. The Bertz CT molecular complexity index is 449. The van der Waals surface area contributed by atoms with Gasteiger partial charge in [0.25, 0.3) is 0 Å². The quantitative estimate of drug-likeness (QED) is 0.769. The first-order valence-electron chi connectivity index (χ1n) is 6.07. The van der Waals surface area contributed by atoms with Gasteiger partial charge in [-0.2, -0.15) is 0 Å². The molecule has 2 heterocycles. The molecule has 0 saturated carbocycles. The van der Waals surface area contributed by atoms with E-state index in [1.54, 1.807) is 6.20 Å². The zero-order valence-corrected chi connectivity index (χ0v) is 11.4. The van der Waals surface area contributed by atoms with E-state index in [1.807, 2.05) is 24.4 Å². The summed E-state index contributed by atoms with van der Waals surface area (Å²) in [4.78, 5) is 8.84. The van der Waals surface area contributed by atoms with Gasteiger partial charge in [0, 0.05) is 12.4 Å². The van der Waals surface area contributed by atoms with Crippen LogP contribution in [0.2, 0.25) is 12.1 Å². The lowest BCUT2D eigenvalue weighted by molar-refractivity contribution is 1.25. The maximum absolute atomic E-state index is 4.53. The van der Waals surface area contributed by atoms with Crippen molar-refractivity contribution in [2.75, 3.05) is 0 Å². The first-order valence-corrected chi connectivity index (χ1v) is 7.99. The number of hydrogen-bond donors (Lipinski definition) is 0. The Labute approximate surface area is 104 Å². The van der Waals surface area contributed by atoms with Crippen LogP contribution in [0.25, 0.3) is 11.4 Å². The molecule has 0 spiro atoms. The molecule has 2 aromatic rings. The van der Waals surface area contributed by atoms with Crippen LogP contribution in [0.1, 0.15) is 13.8 Å². The van der Waals surface area contributed by atoms with Crippen molar-refractivity contribution in [3.63, 3.8) is 0 Å². The fourth-order valence-corrected chi connectivity index (χ4v) is 3.81. The standard InChI is InChI=1S/C14H17N2Si/c1-3-17(4-2)12-8-9-14(16-11-12)13-7-5-6-10-15-13/h5-11H,3-4H2,1-2H3. The molecule has 0 N–H and O–H groups in total. The van der Waals surface area contributed by atoms with Gasteiger partial charge in [-0.3, -0.25) is 9.97 Å². The highest BCUT2D eigenvalue weighted by atomic mass is 28.3. The summed E-state index contributed by atoms with van der Waals surface area (Å²) in [6.45, 7) is 4.54. The molecule has 0 fully saturated rings. The van der Waals surface area contributed by atoms with Gasteiger partial charge in [-0.25, -0.2) is 0 Å². The molecule has 2 rings (SSSR count). The van der Waals surface area contributed by atoms with Crippen molar-refractivity contribution in [1.82, 2.24) is 9.97 Å². The van der Waals surface area contributed by atoms with Crippen molar-refractivity contribution in [3.05, 3.63) is 42.7 Å². The number of pyridine rings is 2. The van der Waals surface area contributed by atoms with Gasteiger partial charge in [0.2, 0.25) is 0 Å². The third-order valence-electron chi connectivity index (χ3n) is 2.95. The van der Waals surface area contributed by atoms with E-state index in [2.05, 4.69) is 35.9 Å². The molecule has 0 aliphatic carbocycles. The lowest BCUT2D eigenvalue weighted by Crippen LogP contribution is -2.28. The van der Waals surface area contributed by atoms with E-state index in [0.29, 0.717) is 0 Å². The van der Waals surface area contributed by atoms with Crippen molar-refractivity contribution in [2.45, 2.75) is 25.9 Å². The minimum Gasteiger partial charge on any atom is -0.255 e. The highest BCUT2D eigenvalue weighted by Crippen LogP contribution is 2.11. The second-order valence-corrected chi connectivity index (χ2v) is 7.16. The summed E-state index contributed by atoms with van der Waals surface area (Å²) in [5.74, 6) is 0. The van der Waals surface area contributed by atoms with Crippen LogP contribution >= 0.6 is 0 Å². The van der Waals surface area contributed by atoms with Gasteiger partial charge in [-0.05, 0) is 23.4 Å². The van der Waals surface area contributed by atoms with Crippen LogP contribution < -0.4 is 5.19 Å². The van der Waals surface area contributed by atoms with E-state index >= 15 is 0 Å². The third-order valence-corrected chi connectivity index (χ3v) is 5.77. The Hall–Kier alpha value is -1.48. The Morgan fingerprint density at radius 2 is 1.71 bits per heavy atom. The minimum atomic E-state index is -0.382. The van der Waals surface area contributed by atoms with Gasteiger partial charge in [-0.15, -0.1) is 0 Å². The molecule has 0 aromatic carbocycles. The summed E-state index contributed by atoms with van der Waals surface area (Å²) in [7, 11) is -0.382. The molecule has 17 heavy (non-hydrogen) atoms. The summed E-state index contributed by atoms with van der Waals surface area (Å²) in [5.41, 5.74) is 1.91. The van der Waals surface area contributed by atoms with E-state index in [4.69, 9.17) is 0 Å². The van der Waals surface area contributed by atoms with Crippen LogP contribution in [0.4, 0.5) is 0 Å². The van der Waals surface area contributed by atoms with Crippen LogP contribution in [-0.4, -0.2) is 18.8 Å². The average molecular weight is 241 g/mol. The fourth-order valence-electron chi connectivity index (χ4n) is 1.93. The lowest BCUT2D eigenvalue weighted by Gasteiger charge is -2.10. The molecule has 2 nitrogen and oxygen atoms in total. The topological polar surface area (TPSA) is 25.8 Å². The SMILES string of the molecule is CC[Si](CC)c1ccc(-c2ccccn2)nc1. The Balaban J connectivity index is 2.24. The van der Waals surface area contributed by atoms with Crippen molar-refractivity contribution in [1.29, 1.82) is 0 Å². The van der Waals surface area contributed by atoms with Gasteiger partial charge in [-0.1, -0.05) is 38.1 Å². The molecule has 0 atom stereocenters. The molecule has 2 aromatic heterocycles. The van der Waals surface area contributed by atoms with Crippen LogP contribution in [0.15, 0.2) is 42.7 Å². The van der Waals surface area contributed by atoms with Crippen LogP contribution in [0, 0.1) is 0 Å². The summed E-state index contributed by atoms with van der Waals surface area (Å²) in [6, 6.07) is 12.8. The molecular weight excluding hydrogens is 224 g/mol. The van der Waals surface area contributed by atoms with Crippen molar-refractivity contribution in [2.24, 2.45) is 0 Å². The third kappa shape index (κ3) is 2.80. The Morgan fingerprint density at radius 3 is 2.24 bits per heavy atom. The molecule has 0 unspecified atom stereocenters. The molecule has 0 amide bonds. The molecular formula is C14H17N2Si. The number of hydrogen-bond acceptors (Lipinski definition) is 2. The molecule has 0 aliphatic heterocycles. The molecule has 1 radical (unpaired) electrons. The predicted octanol–water partition coefficient (Wildman–Crippen LogP) is 2.89. The molecule has 87 valence electrons. The smallest absolute Gasteiger partial charge is 0.0886 e. The van der Waals surface area contributed by atoms with E-state index in [-0.39, 0.29) is 8.80 Å². The maximum Gasteiger partial charge on any atom is 0.0886 e. The summed E-state index contributed by atoms with van der Waals surface area (Å²) in [6.07, 6.45) is 3.84. The van der Waals surface area contributed by atoms with Crippen molar-refractivity contribution in [3.8, 4) is 11.4 Å². The fraction of sp³-hybridized carbons (Fsp3) is 0.286. The second-order valence-electron chi connectivity index (χ2n) is 3.96. The van der Waals surface area contributed by atoms with Crippen molar-refractivity contribution >= 4 is 14.0 Å². The molecule has 3 heteroatoms. The molecule has 0 bridgehead atoms. The number of aromatic nitrogens is 2. The highest BCUT2D eigenvalue weighted by Gasteiger charge is 2.09. The van der Waals surface area contributed by atoms with E-state index in [0.717, 1.165) is 11.4 Å². The summed E-state index contributed by atoms with van der Waals surface area (Å²) < 4.78 is 0. The van der Waals surface area contributed by atoms with Gasteiger partial charge in [0.05, 0.1) is 20.2 Å². The van der Waals surface area contributed by atoms with Crippen LogP contribution in [-0.2, 0) is 0 Å². The summed E-state index contributed by atoms with van der Waals surface area (Å²) >= 11 is 0. The zero-order chi connectivity index (χ0) is 12.1. The normalized spacial score (nSPS) is 10.8. The van der Waals surface area contributed by atoms with Gasteiger partial charge >= 0.3 is 0 Å². The van der Waals surface area contributed by atoms with E-state index in [9.17, 15) is 0 Å². The maximum atomic E-state index is 4.53. The van der Waals surface area contributed by atoms with Crippen LogP contribution in [0.5, 0.6) is 0 Å². The monoisotopic (exact) mass is 241 g/mol. The minimum absolute atomic E-state index is 0.382. The Kier molecular flexibility index (Phi) is 4.04. The summed E-state index contributed by atoms with van der Waals surface area (Å²) in [5, 5.41) is 1.43. The molecule has 0 saturated heterocycles. The van der Waals surface area contributed by atoms with Crippen molar-refractivity contribution < 1.29 is 0 Å². The Morgan fingerprint density at radius 1 is 0.941 bits per heavy atom. The van der Waals surface area contributed by atoms with Crippen LogP contribution in [0.3, 0.4) is 0 Å². The molecule has 0 aliphatic rings. The number of nitrogens with zero attached hydrogens (tertiary/aromatic N) is 2. The lowest BCUT2D eigenvalue weighted by atomic mass is 10.2. The predicted molar refractivity (Wildman–Crippen MR) is 73.8 cm³/mol. The first kappa shape index (κ1) is 12.0. The largest absolute Gasteiger partial charge is 0.255 e. The first-order chi connectivity index (χ1) is 8.35. The average Bonchev–Trinajstić information content (AvgIpc) is 2.42. The van der Waals surface area contributed by atoms with Gasteiger partial charge in [0.15, 0.2) is 0 Å². The number of rotatable bonds is 4. The zero-order valence-electron chi connectivity index (χ0n) is 10.4. The highest BCUT2D eigenvalue weighted by molar-refractivity contribution is 6.72. The van der Waals surface area contributed by atoms with E-state index in [1.165, 1.54) is 17.3 Å². The van der Waals surface area contributed by atoms with Gasteiger partial charge < -0.3 is 0 Å².